The van der Waals surface area contributed by atoms with Crippen molar-refractivity contribution in [1.82, 2.24) is 4.57 Å². The van der Waals surface area contributed by atoms with E-state index in [0.717, 1.165) is 11.3 Å². The van der Waals surface area contributed by atoms with Crippen molar-refractivity contribution in [3.63, 3.8) is 0 Å². The number of allylic oxidation sites excluding steroid dienone is 2. The fraction of sp³-hybridized carbons (Fsp3) is 0.0833. The number of carbonyl (C=O) groups excluding carboxylic acids is 2. The molecule has 2 aliphatic rings. The van der Waals surface area contributed by atoms with Crippen molar-refractivity contribution in [3.05, 3.63) is 165 Å². The summed E-state index contributed by atoms with van der Waals surface area (Å²) in [5.41, 5.74) is 4.86. The lowest BCUT2D eigenvalue weighted by atomic mass is 9.73. The average Bonchev–Trinajstić information content (AvgIpc) is 3.03. The predicted molar refractivity (Wildman–Crippen MR) is 162 cm³/mol. The highest BCUT2D eigenvalue weighted by atomic mass is 16.5. The minimum Gasteiger partial charge on any atom is -0.497 e. The molecule has 6 heteroatoms. The van der Waals surface area contributed by atoms with Gasteiger partial charge in [-0.25, -0.2) is 0 Å². The van der Waals surface area contributed by atoms with Crippen LogP contribution in [0.5, 0.6) is 5.75 Å². The summed E-state index contributed by atoms with van der Waals surface area (Å²) < 4.78 is 7.08. The van der Waals surface area contributed by atoms with Crippen LogP contribution in [0.4, 0.5) is 11.4 Å². The minimum atomic E-state index is -0.784. The van der Waals surface area contributed by atoms with E-state index in [1.54, 1.807) is 40.8 Å². The van der Waals surface area contributed by atoms with Crippen molar-refractivity contribution in [2.24, 2.45) is 0 Å². The van der Waals surface area contributed by atoms with E-state index in [4.69, 9.17) is 4.74 Å². The summed E-state index contributed by atoms with van der Waals surface area (Å²) in [6.45, 7) is 1.88. The van der Waals surface area contributed by atoms with Gasteiger partial charge in [0.25, 0.3) is 5.56 Å². The number of aromatic nitrogens is 1. The van der Waals surface area contributed by atoms with Gasteiger partial charge in [-0.2, -0.15) is 0 Å². The number of fused-ring (bicyclic) bond motifs is 2. The number of carbonyl (C=O) groups is 2. The molecule has 204 valence electrons. The van der Waals surface area contributed by atoms with Gasteiger partial charge >= 0.3 is 0 Å². The van der Waals surface area contributed by atoms with Crippen molar-refractivity contribution < 1.29 is 14.3 Å². The van der Waals surface area contributed by atoms with Crippen LogP contribution in [0.15, 0.2) is 131 Å². The van der Waals surface area contributed by atoms with E-state index >= 15 is 0 Å². The Bertz CT molecular complexity index is 1970. The average molecular weight is 551 g/mol. The number of pyridine rings is 1. The molecule has 0 fully saturated rings. The molecule has 1 atom stereocenters. The summed E-state index contributed by atoms with van der Waals surface area (Å²) in [5.74, 6) is -0.650. The van der Waals surface area contributed by atoms with E-state index in [2.05, 4.69) is 0 Å². The Morgan fingerprint density at radius 1 is 0.667 bits per heavy atom. The van der Waals surface area contributed by atoms with Crippen LogP contribution in [0.2, 0.25) is 0 Å². The van der Waals surface area contributed by atoms with E-state index in [9.17, 15) is 14.4 Å². The Labute approximate surface area is 242 Å². The fourth-order valence-corrected chi connectivity index (χ4v) is 6.20. The topological polar surface area (TPSA) is 68.6 Å². The van der Waals surface area contributed by atoms with Crippen LogP contribution in [0.1, 0.15) is 43.5 Å². The van der Waals surface area contributed by atoms with E-state index < -0.39 is 5.92 Å². The second-order valence-corrected chi connectivity index (χ2v) is 10.4. The molecule has 1 aliphatic heterocycles. The summed E-state index contributed by atoms with van der Waals surface area (Å²) >= 11 is 0. The Kier molecular flexibility index (Phi) is 5.98. The number of methoxy groups -OCH3 is 1. The largest absolute Gasteiger partial charge is 0.497 e. The first-order valence-corrected chi connectivity index (χ1v) is 13.7. The molecule has 0 amide bonds. The number of rotatable bonds is 4. The molecule has 1 aliphatic carbocycles. The molecule has 0 N–H and O–H groups in total. The van der Waals surface area contributed by atoms with E-state index in [-0.39, 0.29) is 22.8 Å². The molecule has 4 aromatic carbocycles. The van der Waals surface area contributed by atoms with Gasteiger partial charge in [0.15, 0.2) is 5.78 Å². The predicted octanol–water partition coefficient (Wildman–Crippen LogP) is 6.77. The molecule has 2 heterocycles. The van der Waals surface area contributed by atoms with Crippen molar-refractivity contribution in [2.45, 2.75) is 12.8 Å². The lowest BCUT2D eigenvalue weighted by Crippen LogP contribution is -2.41. The van der Waals surface area contributed by atoms with Gasteiger partial charge in [-0.3, -0.25) is 19.0 Å². The maximum atomic E-state index is 14.7. The third-order valence-electron chi connectivity index (χ3n) is 8.06. The van der Waals surface area contributed by atoms with Gasteiger partial charge in [0.2, 0.25) is 5.78 Å². The van der Waals surface area contributed by atoms with Gasteiger partial charge in [-0.1, -0.05) is 72.8 Å². The highest BCUT2D eigenvalue weighted by Crippen LogP contribution is 2.50. The van der Waals surface area contributed by atoms with Crippen LogP contribution >= 0.6 is 0 Å². The van der Waals surface area contributed by atoms with Gasteiger partial charge in [0.05, 0.1) is 18.4 Å². The number of Topliss-reactive ketones (excluding diaryl/α,β-unsaturated/α-hetero) is 2. The summed E-state index contributed by atoms with van der Waals surface area (Å²) in [6, 6.07) is 35.1. The number of nitrogens with zero attached hydrogens (tertiary/aromatic N) is 2. The van der Waals surface area contributed by atoms with E-state index in [1.165, 1.54) is 0 Å². The summed E-state index contributed by atoms with van der Waals surface area (Å²) in [6.07, 6.45) is 0. The molecule has 6 nitrogen and oxygen atoms in total. The highest BCUT2D eigenvalue weighted by molar-refractivity contribution is 6.30. The van der Waals surface area contributed by atoms with Crippen LogP contribution in [0, 0.1) is 6.92 Å². The number of hydrogen-bond acceptors (Lipinski definition) is 5. The zero-order valence-electron chi connectivity index (χ0n) is 23.1. The minimum absolute atomic E-state index is 0.247. The second-order valence-electron chi connectivity index (χ2n) is 10.4. The molecule has 1 unspecified atom stereocenters. The molecule has 0 saturated heterocycles. The molecule has 1 aromatic heterocycles. The molecular weight excluding hydrogens is 524 g/mol. The quantitative estimate of drug-likeness (QED) is 0.247. The number of para-hydroxylation sites is 2. The highest BCUT2D eigenvalue weighted by Gasteiger charge is 2.46. The standard InChI is InChI=1S/C36H26N2O4/c1-22-21-29-31(36(41)37(22)24-11-5-3-6-12-24)30(23-17-19-26(42-2)20-18-23)32-33(38(29)25-13-7-4-8-14-25)35(40)28-16-10-9-15-27(28)34(32)39/h3-21,30H,1-2H3. The third kappa shape index (κ3) is 3.76. The lowest BCUT2D eigenvalue weighted by molar-refractivity contribution is 0.0968. The zero-order valence-corrected chi connectivity index (χ0v) is 23.1. The van der Waals surface area contributed by atoms with Crippen LogP contribution in [0.25, 0.3) is 5.69 Å². The Hall–Kier alpha value is -5.49. The number of aryl methyl sites for hydroxylation is 1. The van der Waals surface area contributed by atoms with Gasteiger partial charge in [-0.05, 0) is 55.0 Å². The Morgan fingerprint density at radius 3 is 1.86 bits per heavy atom. The fourth-order valence-electron chi connectivity index (χ4n) is 6.20. The molecule has 0 saturated carbocycles. The van der Waals surface area contributed by atoms with E-state index in [0.29, 0.717) is 45.1 Å². The van der Waals surface area contributed by atoms with Crippen molar-refractivity contribution in [2.75, 3.05) is 12.0 Å². The second kappa shape index (κ2) is 9.85. The number of anilines is 2. The first-order valence-electron chi connectivity index (χ1n) is 13.7. The Balaban J connectivity index is 1.62. The number of ether oxygens (including phenoxy) is 1. The van der Waals surface area contributed by atoms with Crippen LogP contribution in [-0.4, -0.2) is 23.2 Å². The molecule has 42 heavy (non-hydrogen) atoms. The molecule has 0 radical (unpaired) electrons. The van der Waals surface area contributed by atoms with Gasteiger partial charge in [-0.15, -0.1) is 0 Å². The summed E-state index contributed by atoms with van der Waals surface area (Å²) in [7, 11) is 1.59. The molecule has 0 spiro atoms. The number of benzene rings is 4. The molecular formula is C36H26N2O4. The van der Waals surface area contributed by atoms with Gasteiger partial charge in [0, 0.05) is 39.7 Å². The maximum Gasteiger partial charge on any atom is 0.261 e. The first-order chi connectivity index (χ1) is 20.5. The maximum absolute atomic E-state index is 14.7. The normalized spacial score (nSPS) is 15.7. The molecule has 5 aromatic rings. The summed E-state index contributed by atoms with van der Waals surface area (Å²) in [4.78, 5) is 45.3. The number of hydrogen-bond donors (Lipinski definition) is 0. The monoisotopic (exact) mass is 550 g/mol. The van der Waals surface area contributed by atoms with Crippen LogP contribution in [-0.2, 0) is 0 Å². The van der Waals surface area contributed by atoms with Crippen molar-refractivity contribution in [1.29, 1.82) is 0 Å². The first kappa shape index (κ1) is 25.5. The summed E-state index contributed by atoms with van der Waals surface area (Å²) in [5, 5.41) is 0. The van der Waals surface area contributed by atoms with Crippen molar-refractivity contribution in [3.8, 4) is 11.4 Å². The number of ketones is 2. The molecule has 0 bridgehead atoms. The van der Waals surface area contributed by atoms with Crippen LogP contribution in [0.3, 0.4) is 0 Å². The third-order valence-corrected chi connectivity index (χ3v) is 8.06. The van der Waals surface area contributed by atoms with Crippen molar-refractivity contribution >= 4 is 22.9 Å². The zero-order chi connectivity index (χ0) is 29.0. The van der Waals surface area contributed by atoms with E-state index in [1.807, 2.05) is 97.9 Å². The Morgan fingerprint density at radius 2 is 1.24 bits per heavy atom. The SMILES string of the molecule is COc1ccc(C2C3=C(C(=O)c4ccccc4C3=O)N(c3ccccc3)c3cc(C)n(-c4ccccc4)c(=O)c32)cc1. The van der Waals surface area contributed by atoms with Crippen LogP contribution < -0.4 is 15.2 Å². The lowest BCUT2D eigenvalue weighted by Gasteiger charge is -2.40. The molecule has 7 rings (SSSR count). The van der Waals surface area contributed by atoms with Gasteiger partial charge in [0.1, 0.15) is 11.4 Å². The van der Waals surface area contributed by atoms with Gasteiger partial charge < -0.3 is 9.64 Å². The smallest absolute Gasteiger partial charge is 0.261 e.